The first-order valence-corrected chi connectivity index (χ1v) is 7.12. The van der Waals surface area contributed by atoms with Crippen LogP contribution in [0.25, 0.3) is 0 Å². The summed E-state index contributed by atoms with van der Waals surface area (Å²) in [4.78, 5) is 25.3. The summed E-state index contributed by atoms with van der Waals surface area (Å²) in [7, 11) is 0. The van der Waals surface area contributed by atoms with Crippen molar-refractivity contribution in [2.75, 3.05) is 31.2 Å². The van der Waals surface area contributed by atoms with Crippen LogP contribution in [0.2, 0.25) is 0 Å². The first kappa shape index (κ1) is 17.0. The molecule has 0 heterocycles. The van der Waals surface area contributed by atoms with Gasteiger partial charge in [-0.2, -0.15) is 0 Å². The van der Waals surface area contributed by atoms with Gasteiger partial charge in [-0.05, 0) is 38.8 Å². The number of carbonyl (C=O) groups is 2. The van der Waals surface area contributed by atoms with Gasteiger partial charge in [-0.3, -0.25) is 9.59 Å². The van der Waals surface area contributed by atoms with E-state index >= 15 is 0 Å². The topological polar surface area (TPSA) is 55.8 Å². The average molecular weight is 293 g/mol. The molecule has 0 N–H and O–H groups in total. The zero-order valence-electron chi connectivity index (χ0n) is 13.1. The second kappa shape index (κ2) is 8.29. The van der Waals surface area contributed by atoms with Gasteiger partial charge >= 0.3 is 11.9 Å². The molecule has 0 spiro atoms. The molecule has 0 saturated heterocycles. The van der Waals surface area contributed by atoms with Crippen LogP contribution in [0.1, 0.15) is 25.0 Å². The van der Waals surface area contributed by atoms with Crippen molar-refractivity contribution in [3.8, 4) is 0 Å². The number of carbonyl (C=O) groups excluding carboxylic acids is 2. The molecule has 0 unspecified atom stereocenters. The maximum Gasteiger partial charge on any atom is 0.325 e. The minimum atomic E-state index is -0.357. The van der Waals surface area contributed by atoms with Gasteiger partial charge in [-0.25, -0.2) is 0 Å². The van der Waals surface area contributed by atoms with Crippen LogP contribution in [0, 0.1) is 13.8 Å². The highest BCUT2D eigenvalue weighted by Crippen LogP contribution is 2.24. The molecule has 0 radical (unpaired) electrons. The van der Waals surface area contributed by atoms with E-state index in [0.29, 0.717) is 13.2 Å². The normalized spacial score (nSPS) is 10.1. The summed E-state index contributed by atoms with van der Waals surface area (Å²) in [5, 5.41) is 0. The lowest BCUT2D eigenvalue weighted by Gasteiger charge is -2.26. The molecule has 1 rings (SSSR count). The molecule has 0 aliphatic rings. The van der Waals surface area contributed by atoms with Gasteiger partial charge in [-0.15, -0.1) is 0 Å². The zero-order chi connectivity index (χ0) is 15.8. The largest absolute Gasteiger partial charge is 0.465 e. The maximum atomic E-state index is 11.8. The number of esters is 2. The lowest BCUT2D eigenvalue weighted by Crippen LogP contribution is -2.37. The van der Waals surface area contributed by atoms with E-state index in [1.807, 2.05) is 32.0 Å². The molecule has 1 aromatic rings. The Morgan fingerprint density at radius 2 is 1.38 bits per heavy atom. The van der Waals surface area contributed by atoms with Gasteiger partial charge < -0.3 is 14.4 Å². The molecule has 116 valence electrons. The van der Waals surface area contributed by atoms with Gasteiger partial charge in [0.25, 0.3) is 0 Å². The zero-order valence-corrected chi connectivity index (χ0v) is 13.1. The van der Waals surface area contributed by atoms with E-state index < -0.39 is 0 Å². The third-order valence-electron chi connectivity index (χ3n) is 3.01. The minimum Gasteiger partial charge on any atom is -0.465 e. The van der Waals surface area contributed by atoms with Crippen molar-refractivity contribution in [3.05, 3.63) is 29.3 Å². The van der Waals surface area contributed by atoms with E-state index in [0.717, 1.165) is 16.8 Å². The van der Waals surface area contributed by atoms with Crippen molar-refractivity contribution in [3.63, 3.8) is 0 Å². The number of anilines is 1. The van der Waals surface area contributed by atoms with E-state index in [1.54, 1.807) is 18.7 Å². The minimum absolute atomic E-state index is 0.0261. The van der Waals surface area contributed by atoms with E-state index in [1.165, 1.54) is 0 Å². The molecule has 0 aromatic heterocycles. The van der Waals surface area contributed by atoms with Crippen molar-refractivity contribution >= 4 is 17.6 Å². The standard InChI is InChI=1S/C16H23NO4/c1-5-20-14(18)10-17(11-15(19)21-6-2)16-12(3)8-7-9-13(16)4/h7-9H,5-6,10-11H2,1-4H3. The van der Waals surface area contributed by atoms with Crippen molar-refractivity contribution in [2.24, 2.45) is 0 Å². The monoisotopic (exact) mass is 293 g/mol. The molecular weight excluding hydrogens is 270 g/mol. The van der Waals surface area contributed by atoms with Crippen LogP contribution in [-0.2, 0) is 19.1 Å². The van der Waals surface area contributed by atoms with Crippen LogP contribution in [0.4, 0.5) is 5.69 Å². The highest BCUT2D eigenvalue weighted by molar-refractivity contribution is 5.82. The molecule has 1 aromatic carbocycles. The van der Waals surface area contributed by atoms with Gasteiger partial charge in [-0.1, -0.05) is 18.2 Å². The van der Waals surface area contributed by atoms with Crippen LogP contribution in [0.15, 0.2) is 18.2 Å². The van der Waals surface area contributed by atoms with E-state index in [4.69, 9.17) is 9.47 Å². The summed E-state index contributed by atoms with van der Waals surface area (Å²) >= 11 is 0. The van der Waals surface area contributed by atoms with E-state index in [9.17, 15) is 9.59 Å². The fourth-order valence-electron chi connectivity index (χ4n) is 2.24. The van der Waals surface area contributed by atoms with Crippen LogP contribution in [0.3, 0.4) is 0 Å². The summed E-state index contributed by atoms with van der Waals surface area (Å²) in [6, 6.07) is 5.85. The summed E-state index contributed by atoms with van der Waals surface area (Å²) in [5.74, 6) is -0.714. The summed E-state index contributed by atoms with van der Waals surface area (Å²) in [6.07, 6.45) is 0. The second-order valence-electron chi connectivity index (χ2n) is 4.71. The highest BCUT2D eigenvalue weighted by atomic mass is 16.5. The predicted octanol–water partition coefficient (Wildman–Crippen LogP) is 2.24. The van der Waals surface area contributed by atoms with Gasteiger partial charge in [0, 0.05) is 5.69 Å². The second-order valence-corrected chi connectivity index (χ2v) is 4.71. The maximum absolute atomic E-state index is 11.8. The summed E-state index contributed by atoms with van der Waals surface area (Å²) in [6.45, 7) is 8.10. The van der Waals surface area contributed by atoms with Gasteiger partial charge in [0.2, 0.25) is 0 Å². The van der Waals surface area contributed by atoms with Crippen LogP contribution < -0.4 is 4.90 Å². The molecular formula is C16H23NO4. The third kappa shape index (κ3) is 5.10. The molecule has 0 saturated carbocycles. The lowest BCUT2D eigenvalue weighted by atomic mass is 10.1. The molecule has 0 bridgehead atoms. The molecule has 21 heavy (non-hydrogen) atoms. The number of para-hydroxylation sites is 1. The number of hydrogen-bond donors (Lipinski definition) is 0. The quantitative estimate of drug-likeness (QED) is 0.722. The Hall–Kier alpha value is -2.04. The number of rotatable bonds is 7. The molecule has 0 aliphatic heterocycles. The molecule has 5 heteroatoms. The molecule has 0 aliphatic carbocycles. The Balaban J connectivity index is 3.00. The molecule has 0 fully saturated rings. The van der Waals surface area contributed by atoms with E-state index in [-0.39, 0.29) is 25.0 Å². The van der Waals surface area contributed by atoms with Gasteiger partial charge in [0.15, 0.2) is 0 Å². The lowest BCUT2D eigenvalue weighted by molar-refractivity contribution is -0.142. The Bertz CT molecular complexity index is 459. The van der Waals surface area contributed by atoms with Gasteiger partial charge in [0.1, 0.15) is 13.1 Å². The first-order valence-electron chi connectivity index (χ1n) is 7.12. The third-order valence-corrected chi connectivity index (χ3v) is 3.01. The number of aryl methyl sites for hydroxylation is 2. The Morgan fingerprint density at radius 1 is 0.952 bits per heavy atom. The number of ether oxygens (including phenoxy) is 2. The van der Waals surface area contributed by atoms with Crippen LogP contribution in [-0.4, -0.2) is 38.2 Å². The van der Waals surface area contributed by atoms with Crippen LogP contribution >= 0.6 is 0 Å². The Morgan fingerprint density at radius 3 is 1.76 bits per heavy atom. The average Bonchev–Trinajstić information content (AvgIpc) is 2.38. The molecule has 5 nitrogen and oxygen atoms in total. The molecule has 0 atom stereocenters. The number of benzene rings is 1. The van der Waals surface area contributed by atoms with Crippen molar-refractivity contribution in [1.29, 1.82) is 0 Å². The number of nitrogens with zero attached hydrogens (tertiary/aromatic N) is 1. The number of hydrogen-bond acceptors (Lipinski definition) is 5. The van der Waals surface area contributed by atoms with Crippen molar-refractivity contribution < 1.29 is 19.1 Å². The fraction of sp³-hybridized carbons (Fsp3) is 0.500. The van der Waals surface area contributed by atoms with Crippen LogP contribution in [0.5, 0.6) is 0 Å². The first-order chi connectivity index (χ1) is 9.99. The fourth-order valence-corrected chi connectivity index (χ4v) is 2.24. The summed E-state index contributed by atoms with van der Waals surface area (Å²) in [5.41, 5.74) is 2.88. The van der Waals surface area contributed by atoms with Gasteiger partial charge in [0.05, 0.1) is 13.2 Å². The smallest absolute Gasteiger partial charge is 0.325 e. The SMILES string of the molecule is CCOC(=O)CN(CC(=O)OCC)c1c(C)cccc1C. The Labute approximate surface area is 125 Å². The summed E-state index contributed by atoms with van der Waals surface area (Å²) < 4.78 is 9.96. The van der Waals surface area contributed by atoms with Crippen molar-refractivity contribution in [1.82, 2.24) is 0 Å². The van der Waals surface area contributed by atoms with Crippen molar-refractivity contribution in [2.45, 2.75) is 27.7 Å². The highest BCUT2D eigenvalue weighted by Gasteiger charge is 2.19. The predicted molar refractivity (Wildman–Crippen MR) is 81.4 cm³/mol. The molecule has 0 amide bonds. The Kier molecular flexibility index (Phi) is 6.72. The van der Waals surface area contributed by atoms with E-state index in [2.05, 4.69) is 0 Å².